The zero-order valence-corrected chi connectivity index (χ0v) is 15.7. The van der Waals surface area contributed by atoms with Crippen LogP contribution >= 0.6 is 11.3 Å². The molecule has 0 fully saturated rings. The second-order valence-corrected chi connectivity index (χ2v) is 7.26. The van der Waals surface area contributed by atoms with Crippen LogP contribution in [0.3, 0.4) is 0 Å². The van der Waals surface area contributed by atoms with E-state index in [2.05, 4.69) is 25.7 Å². The summed E-state index contributed by atoms with van der Waals surface area (Å²) in [5.41, 5.74) is 2.07. The van der Waals surface area contributed by atoms with Gasteiger partial charge in [0.25, 0.3) is 0 Å². The van der Waals surface area contributed by atoms with E-state index in [1.807, 2.05) is 38.1 Å². The van der Waals surface area contributed by atoms with Gasteiger partial charge in [-0.05, 0) is 25.8 Å². The van der Waals surface area contributed by atoms with Crippen molar-refractivity contribution in [2.45, 2.75) is 39.5 Å². The van der Waals surface area contributed by atoms with Crippen LogP contribution in [0.5, 0.6) is 0 Å². The first-order valence-corrected chi connectivity index (χ1v) is 9.38. The lowest BCUT2D eigenvalue weighted by Crippen LogP contribution is -2.25. The number of benzene rings is 1. The van der Waals surface area contributed by atoms with Gasteiger partial charge in [0.2, 0.25) is 17.6 Å². The van der Waals surface area contributed by atoms with Gasteiger partial charge in [0.1, 0.15) is 10.0 Å². The van der Waals surface area contributed by atoms with Gasteiger partial charge < -0.3 is 9.84 Å². The molecule has 0 unspecified atom stereocenters. The highest BCUT2D eigenvalue weighted by molar-refractivity contribution is 7.11. The SMILES string of the molecule is Cc1nnc(CCNC(=O)CCCc2nc(-c3ccccc3C)no2)s1. The Labute approximate surface area is 155 Å². The highest BCUT2D eigenvalue weighted by atomic mass is 32.1. The molecule has 0 saturated carbocycles. The molecule has 0 aliphatic rings. The van der Waals surface area contributed by atoms with Crippen molar-refractivity contribution in [3.63, 3.8) is 0 Å². The molecule has 1 amide bonds. The Morgan fingerprint density at radius 2 is 2.04 bits per heavy atom. The Morgan fingerprint density at radius 3 is 2.81 bits per heavy atom. The maximum absolute atomic E-state index is 11.9. The fourth-order valence-corrected chi connectivity index (χ4v) is 3.23. The van der Waals surface area contributed by atoms with Crippen LogP contribution in [0.2, 0.25) is 0 Å². The Balaban J connectivity index is 1.39. The van der Waals surface area contributed by atoms with Crippen LogP contribution in [0.25, 0.3) is 11.4 Å². The molecule has 0 aliphatic carbocycles. The van der Waals surface area contributed by atoms with Gasteiger partial charge in [0.15, 0.2) is 0 Å². The highest BCUT2D eigenvalue weighted by Gasteiger charge is 2.11. The first-order valence-electron chi connectivity index (χ1n) is 8.56. The molecule has 2 aromatic heterocycles. The maximum Gasteiger partial charge on any atom is 0.226 e. The lowest BCUT2D eigenvalue weighted by Gasteiger charge is -2.02. The molecular formula is C18H21N5O2S. The molecule has 0 atom stereocenters. The minimum Gasteiger partial charge on any atom is -0.356 e. The molecule has 8 heteroatoms. The van der Waals surface area contributed by atoms with Crippen molar-refractivity contribution in [2.24, 2.45) is 0 Å². The molecule has 0 spiro atoms. The smallest absolute Gasteiger partial charge is 0.226 e. The quantitative estimate of drug-likeness (QED) is 0.654. The summed E-state index contributed by atoms with van der Waals surface area (Å²) in [4.78, 5) is 16.3. The van der Waals surface area contributed by atoms with Crippen LogP contribution in [0.15, 0.2) is 28.8 Å². The second kappa shape index (κ2) is 8.66. The van der Waals surface area contributed by atoms with E-state index >= 15 is 0 Å². The minimum absolute atomic E-state index is 0.0184. The van der Waals surface area contributed by atoms with E-state index < -0.39 is 0 Å². The van der Waals surface area contributed by atoms with E-state index in [-0.39, 0.29) is 5.91 Å². The van der Waals surface area contributed by atoms with E-state index in [4.69, 9.17) is 4.52 Å². The molecule has 0 saturated heterocycles. The van der Waals surface area contributed by atoms with Gasteiger partial charge in [0.05, 0.1) is 0 Å². The third kappa shape index (κ3) is 4.95. The molecular weight excluding hydrogens is 350 g/mol. The molecule has 136 valence electrons. The minimum atomic E-state index is 0.0184. The molecule has 0 aliphatic heterocycles. The molecule has 3 aromatic rings. The normalized spacial score (nSPS) is 10.8. The van der Waals surface area contributed by atoms with Crippen molar-refractivity contribution in [1.82, 2.24) is 25.7 Å². The van der Waals surface area contributed by atoms with E-state index in [1.165, 1.54) is 0 Å². The summed E-state index contributed by atoms with van der Waals surface area (Å²) in [7, 11) is 0. The third-order valence-electron chi connectivity index (χ3n) is 3.88. The summed E-state index contributed by atoms with van der Waals surface area (Å²) in [5, 5.41) is 16.8. The second-order valence-electron chi connectivity index (χ2n) is 5.99. The number of hydrogen-bond donors (Lipinski definition) is 1. The average Bonchev–Trinajstić information content (AvgIpc) is 3.25. The number of nitrogens with zero attached hydrogens (tertiary/aromatic N) is 4. The summed E-state index contributed by atoms with van der Waals surface area (Å²) >= 11 is 1.55. The molecule has 3 rings (SSSR count). The van der Waals surface area contributed by atoms with Crippen molar-refractivity contribution < 1.29 is 9.32 Å². The molecule has 1 aromatic carbocycles. The number of carbonyl (C=O) groups excluding carboxylic acids is 1. The standard InChI is InChI=1S/C18H21N5O2S/c1-12-6-3-4-7-14(12)18-20-16(25-23-18)9-5-8-15(24)19-11-10-17-22-21-13(2)26-17/h3-4,6-7H,5,8-11H2,1-2H3,(H,19,24). The van der Waals surface area contributed by atoms with Gasteiger partial charge in [-0.25, -0.2) is 0 Å². The lowest BCUT2D eigenvalue weighted by molar-refractivity contribution is -0.121. The van der Waals surface area contributed by atoms with Gasteiger partial charge in [-0.15, -0.1) is 21.5 Å². The van der Waals surface area contributed by atoms with Crippen molar-refractivity contribution >= 4 is 17.2 Å². The predicted molar refractivity (Wildman–Crippen MR) is 98.8 cm³/mol. The van der Waals surface area contributed by atoms with E-state index in [9.17, 15) is 4.79 Å². The van der Waals surface area contributed by atoms with Crippen LogP contribution in [-0.2, 0) is 17.6 Å². The van der Waals surface area contributed by atoms with Crippen molar-refractivity contribution in [1.29, 1.82) is 0 Å². The van der Waals surface area contributed by atoms with Crippen molar-refractivity contribution in [3.05, 3.63) is 45.7 Å². The Kier molecular flexibility index (Phi) is 6.06. The van der Waals surface area contributed by atoms with Gasteiger partial charge >= 0.3 is 0 Å². The number of aryl methyl sites for hydroxylation is 3. The van der Waals surface area contributed by atoms with E-state index in [0.717, 1.165) is 21.1 Å². The highest BCUT2D eigenvalue weighted by Crippen LogP contribution is 2.20. The topological polar surface area (TPSA) is 93.8 Å². The number of hydrogen-bond acceptors (Lipinski definition) is 7. The van der Waals surface area contributed by atoms with Crippen LogP contribution in [0.1, 0.15) is 34.3 Å². The molecule has 0 radical (unpaired) electrons. The maximum atomic E-state index is 11.9. The van der Waals surface area contributed by atoms with Crippen LogP contribution in [-0.4, -0.2) is 32.8 Å². The van der Waals surface area contributed by atoms with Gasteiger partial charge in [-0.1, -0.05) is 29.4 Å². The van der Waals surface area contributed by atoms with Gasteiger partial charge in [-0.3, -0.25) is 4.79 Å². The molecule has 2 heterocycles. The summed E-state index contributed by atoms with van der Waals surface area (Å²) < 4.78 is 5.29. The Bertz CT molecular complexity index is 874. The molecule has 1 N–H and O–H groups in total. The predicted octanol–water partition coefficient (Wildman–Crippen LogP) is 2.89. The zero-order chi connectivity index (χ0) is 18.4. The largest absolute Gasteiger partial charge is 0.356 e. The number of amides is 1. The summed E-state index contributed by atoms with van der Waals surface area (Å²) in [5.74, 6) is 1.17. The van der Waals surface area contributed by atoms with Crippen LogP contribution in [0.4, 0.5) is 0 Å². The number of rotatable bonds is 8. The number of carbonyl (C=O) groups is 1. The average molecular weight is 371 g/mol. The lowest BCUT2D eigenvalue weighted by atomic mass is 10.1. The third-order valence-corrected chi connectivity index (χ3v) is 4.78. The zero-order valence-electron chi connectivity index (χ0n) is 14.9. The monoisotopic (exact) mass is 371 g/mol. The molecule has 26 heavy (non-hydrogen) atoms. The summed E-state index contributed by atoms with van der Waals surface area (Å²) in [6.07, 6.45) is 2.39. The van der Waals surface area contributed by atoms with Crippen molar-refractivity contribution in [2.75, 3.05) is 6.54 Å². The molecule has 0 bridgehead atoms. The first-order chi connectivity index (χ1) is 12.6. The van der Waals surface area contributed by atoms with E-state index in [1.54, 1.807) is 11.3 Å². The summed E-state index contributed by atoms with van der Waals surface area (Å²) in [6.45, 7) is 4.51. The summed E-state index contributed by atoms with van der Waals surface area (Å²) in [6, 6.07) is 7.91. The molecule has 7 nitrogen and oxygen atoms in total. The first kappa shape index (κ1) is 18.2. The Morgan fingerprint density at radius 1 is 1.19 bits per heavy atom. The number of aromatic nitrogens is 4. The van der Waals surface area contributed by atoms with Gasteiger partial charge in [0, 0.05) is 31.4 Å². The van der Waals surface area contributed by atoms with Gasteiger partial charge in [-0.2, -0.15) is 4.98 Å². The van der Waals surface area contributed by atoms with Crippen LogP contribution in [0, 0.1) is 13.8 Å². The fourth-order valence-electron chi connectivity index (χ4n) is 2.53. The van der Waals surface area contributed by atoms with E-state index in [0.29, 0.717) is 43.9 Å². The Hall–Kier alpha value is -2.61. The fraction of sp³-hybridized carbons (Fsp3) is 0.389. The number of nitrogens with one attached hydrogen (secondary N) is 1. The van der Waals surface area contributed by atoms with Crippen molar-refractivity contribution in [3.8, 4) is 11.4 Å². The van der Waals surface area contributed by atoms with Crippen LogP contribution < -0.4 is 5.32 Å².